The molecule has 0 amide bonds. The van der Waals surface area contributed by atoms with Gasteiger partial charge in [-0.15, -0.1) is 11.3 Å². The van der Waals surface area contributed by atoms with Crippen LogP contribution in [-0.2, 0) is 11.4 Å². The quantitative estimate of drug-likeness (QED) is 0.785. The second-order valence-electron chi connectivity index (χ2n) is 4.01. The third-order valence-corrected chi connectivity index (χ3v) is 4.09. The van der Waals surface area contributed by atoms with E-state index in [9.17, 15) is 13.6 Å². The number of ether oxygens (including phenoxy) is 1. The molecule has 0 unspecified atom stereocenters. The number of aliphatic carboxylic acids is 1. The second-order valence-corrected chi connectivity index (χ2v) is 5.92. The molecule has 0 saturated carbocycles. The number of halogens is 3. The van der Waals surface area contributed by atoms with Gasteiger partial charge in [0.2, 0.25) is 0 Å². The smallest absolute Gasteiger partial charge is 0.328 e. The van der Waals surface area contributed by atoms with Crippen LogP contribution in [0.25, 0.3) is 6.08 Å². The lowest BCUT2D eigenvalue weighted by Gasteiger charge is -2.08. The summed E-state index contributed by atoms with van der Waals surface area (Å²) in [5.41, 5.74) is 0.110. The topological polar surface area (TPSA) is 46.5 Å². The molecule has 0 radical (unpaired) electrons. The molecule has 21 heavy (non-hydrogen) atoms. The van der Waals surface area contributed by atoms with E-state index < -0.39 is 23.4 Å². The van der Waals surface area contributed by atoms with Gasteiger partial charge in [0.05, 0.1) is 0 Å². The molecule has 2 rings (SSSR count). The van der Waals surface area contributed by atoms with Crippen LogP contribution in [0, 0.1) is 11.6 Å². The maximum absolute atomic E-state index is 13.8. The lowest BCUT2D eigenvalue weighted by molar-refractivity contribution is -0.131. The first-order valence-electron chi connectivity index (χ1n) is 5.71. The number of carbonyl (C=O) groups is 1. The van der Waals surface area contributed by atoms with E-state index in [0.29, 0.717) is 0 Å². The average Bonchev–Trinajstić information content (AvgIpc) is 2.81. The van der Waals surface area contributed by atoms with Crippen molar-refractivity contribution in [1.29, 1.82) is 0 Å². The van der Waals surface area contributed by atoms with Crippen LogP contribution >= 0.6 is 27.3 Å². The average molecular weight is 375 g/mol. The van der Waals surface area contributed by atoms with Crippen molar-refractivity contribution < 1.29 is 23.4 Å². The highest BCUT2D eigenvalue weighted by molar-refractivity contribution is 9.10. The summed E-state index contributed by atoms with van der Waals surface area (Å²) >= 11 is 4.68. The Bertz CT molecular complexity index is 674. The van der Waals surface area contributed by atoms with Crippen LogP contribution in [0.15, 0.2) is 34.1 Å². The first kappa shape index (κ1) is 15.7. The van der Waals surface area contributed by atoms with Crippen molar-refractivity contribution in [3.8, 4) is 5.75 Å². The highest BCUT2D eigenvalue weighted by Gasteiger charge is 2.12. The standard InChI is InChI=1S/C14H9BrF2O3S/c15-9-5-10(21-7-9)6-20-14-11(16)3-8(4-12(14)17)1-2-13(18)19/h1-5,7H,6H2,(H,18,19). The lowest BCUT2D eigenvalue weighted by atomic mass is 10.2. The van der Waals surface area contributed by atoms with Gasteiger partial charge in [-0.25, -0.2) is 13.6 Å². The Balaban J connectivity index is 2.15. The summed E-state index contributed by atoms with van der Waals surface area (Å²) in [4.78, 5) is 11.2. The summed E-state index contributed by atoms with van der Waals surface area (Å²) in [5, 5.41) is 10.3. The van der Waals surface area contributed by atoms with Gasteiger partial charge in [-0.05, 0) is 45.8 Å². The Kier molecular flexibility index (Phi) is 5.08. The maximum atomic E-state index is 13.8. The second kappa shape index (κ2) is 6.82. The third kappa shape index (κ3) is 4.37. The molecule has 1 aromatic heterocycles. The fourth-order valence-corrected chi connectivity index (χ4v) is 2.92. The number of carboxylic acid groups (broad SMARTS) is 1. The van der Waals surface area contributed by atoms with Crippen molar-refractivity contribution in [2.24, 2.45) is 0 Å². The van der Waals surface area contributed by atoms with E-state index in [1.165, 1.54) is 11.3 Å². The van der Waals surface area contributed by atoms with E-state index in [2.05, 4.69) is 15.9 Å². The molecule has 7 heteroatoms. The van der Waals surface area contributed by atoms with Crippen LogP contribution in [0.1, 0.15) is 10.4 Å². The van der Waals surface area contributed by atoms with Gasteiger partial charge in [-0.2, -0.15) is 0 Å². The molecule has 0 atom stereocenters. The van der Waals surface area contributed by atoms with E-state index in [-0.39, 0.29) is 12.2 Å². The van der Waals surface area contributed by atoms with Gasteiger partial charge in [0, 0.05) is 20.8 Å². The summed E-state index contributed by atoms with van der Waals surface area (Å²) in [6.45, 7) is 0.0500. The van der Waals surface area contributed by atoms with Gasteiger partial charge in [-0.1, -0.05) is 0 Å². The molecule has 3 nitrogen and oxygen atoms in total. The minimum absolute atomic E-state index is 0.0500. The molecule has 1 N–H and O–H groups in total. The van der Waals surface area contributed by atoms with Crippen molar-refractivity contribution in [2.75, 3.05) is 0 Å². The van der Waals surface area contributed by atoms with Gasteiger partial charge in [-0.3, -0.25) is 0 Å². The molecule has 0 saturated heterocycles. The normalized spacial score (nSPS) is 11.0. The van der Waals surface area contributed by atoms with E-state index in [0.717, 1.165) is 33.6 Å². The predicted molar refractivity (Wildman–Crippen MR) is 79.4 cm³/mol. The van der Waals surface area contributed by atoms with Crippen molar-refractivity contribution in [1.82, 2.24) is 0 Å². The van der Waals surface area contributed by atoms with E-state index >= 15 is 0 Å². The third-order valence-electron chi connectivity index (χ3n) is 2.42. The molecular weight excluding hydrogens is 366 g/mol. The van der Waals surface area contributed by atoms with Crippen LogP contribution in [-0.4, -0.2) is 11.1 Å². The Labute approximate surface area is 131 Å². The fraction of sp³-hybridized carbons (Fsp3) is 0.0714. The Morgan fingerprint density at radius 1 is 1.33 bits per heavy atom. The molecule has 2 aromatic rings. The SMILES string of the molecule is O=C(O)C=Cc1cc(F)c(OCc2cc(Br)cs2)c(F)c1. The van der Waals surface area contributed by atoms with Crippen LogP contribution in [0.3, 0.4) is 0 Å². The number of hydrogen-bond acceptors (Lipinski definition) is 3. The molecule has 0 bridgehead atoms. The van der Waals surface area contributed by atoms with Crippen molar-refractivity contribution in [3.63, 3.8) is 0 Å². The van der Waals surface area contributed by atoms with Gasteiger partial charge < -0.3 is 9.84 Å². The lowest BCUT2D eigenvalue weighted by Crippen LogP contribution is -1.99. The summed E-state index contributed by atoms with van der Waals surface area (Å²) in [6, 6.07) is 3.83. The molecule has 0 spiro atoms. The molecule has 0 fully saturated rings. The molecule has 0 aliphatic carbocycles. The van der Waals surface area contributed by atoms with Crippen LogP contribution < -0.4 is 4.74 Å². The molecule has 110 valence electrons. The number of hydrogen-bond donors (Lipinski definition) is 1. The van der Waals surface area contributed by atoms with Crippen LogP contribution in [0.2, 0.25) is 0 Å². The monoisotopic (exact) mass is 374 g/mol. The number of carboxylic acids is 1. The van der Waals surface area contributed by atoms with E-state index in [1.807, 2.05) is 5.38 Å². The molecular formula is C14H9BrF2O3S. The summed E-state index contributed by atoms with van der Waals surface area (Å²) in [5.74, 6) is -3.43. The zero-order chi connectivity index (χ0) is 15.4. The van der Waals surface area contributed by atoms with Gasteiger partial charge in [0.1, 0.15) is 6.61 Å². The molecule has 1 aromatic carbocycles. The first-order valence-corrected chi connectivity index (χ1v) is 7.38. The highest BCUT2D eigenvalue weighted by Crippen LogP contribution is 2.26. The van der Waals surface area contributed by atoms with Crippen molar-refractivity contribution in [3.05, 3.63) is 56.2 Å². The predicted octanol–water partition coefficient (Wildman–Crippen LogP) is 4.47. The fourth-order valence-electron chi connectivity index (χ4n) is 1.55. The summed E-state index contributed by atoms with van der Waals surface area (Å²) < 4.78 is 33.6. The van der Waals surface area contributed by atoms with Crippen LogP contribution in [0.5, 0.6) is 5.75 Å². The Morgan fingerprint density at radius 3 is 2.52 bits per heavy atom. The molecule has 1 heterocycles. The van der Waals surface area contributed by atoms with Gasteiger partial charge >= 0.3 is 5.97 Å². The van der Waals surface area contributed by atoms with Crippen molar-refractivity contribution in [2.45, 2.75) is 6.61 Å². The van der Waals surface area contributed by atoms with Gasteiger partial charge in [0.25, 0.3) is 0 Å². The van der Waals surface area contributed by atoms with Crippen molar-refractivity contribution >= 4 is 39.3 Å². The first-order chi connectivity index (χ1) is 9.95. The maximum Gasteiger partial charge on any atom is 0.328 e. The number of rotatable bonds is 5. The minimum atomic E-state index is -1.19. The molecule has 0 aliphatic heterocycles. The number of thiophene rings is 1. The highest BCUT2D eigenvalue weighted by atomic mass is 79.9. The number of benzene rings is 1. The zero-order valence-corrected chi connectivity index (χ0v) is 12.9. The largest absolute Gasteiger partial charge is 0.482 e. The van der Waals surface area contributed by atoms with Crippen LogP contribution in [0.4, 0.5) is 8.78 Å². The summed E-state index contributed by atoms with van der Waals surface area (Å²) in [7, 11) is 0. The molecule has 0 aliphatic rings. The summed E-state index contributed by atoms with van der Waals surface area (Å²) in [6.07, 6.45) is 1.91. The Morgan fingerprint density at radius 2 is 2.00 bits per heavy atom. The zero-order valence-electron chi connectivity index (χ0n) is 10.5. The Hall–Kier alpha value is -1.73. The minimum Gasteiger partial charge on any atom is -0.482 e. The van der Waals surface area contributed by atoms with Gasteiger partial charge in [0.15, 0.2) is 17.4 Å². The van der Waals surface area contributed by atoms with E-state index in [1.54, 1.807) is 6.07 Å². The van der Waals surface area contributed by atoms with E-state index in [4.69, 9.17) is 9.84 Å².